The van der Waals surface area contributed by atoms with Gasteiger partial charge >= 0.3 is 0 Å². The van der Waals surface area contributed by atoms with Gasteiger partial charge in [0.1, 0.15) is 18.1 Å². The lowest BCUT2D eigenvalue weighted by molar-refractivity contribution is -0.135. The molecule has 3 aromatic rings. The first kappa shape index (κ1) is 35.1. The van der Waals surface area contributed by atoms with Crippen molar-refractivity contribution in [2.24, 2.45) is 11.7 Å². The summed E-state index contributed by atoms with van der Waals surface area (Å²) in [6.45, 7) is 2.25. The first-order valence-corrected chi connectivity index (χ1v) is 17.8. The molecule has 0 heterocycles. The molecule has 2 aliphatic rings. The molecule has 4 amide bonds. The number of hydrogen-bond donors (Lipinski definition) is 5. The number of amides is 4. The first-order chi connectivity index (χ1) is 23.4. The van der Waals surface area contributed by atoms with Crippen LogP contribution in [0.3, 0.4) is 0 Å². The van der Waals surface area contributed by atoms with E-state index in [1.807, 2.05) is 54.6 Å². The molecule has 4 atom stereocenters. The molecule has 0 unspecified atom stereocenters. The summed E-state index contributed by atoms with van der Waals surface area (Å²) in [7, 11) is 0. The molecule has 256 valence electrons. The van der Waals surface area contributed by atoms with Crippen molar-refractivity contribution in [3.63, 3.8) is 0 Å². The summed E-state index contributed by atoms with van der Waals surface area (Å²) in [6, 6.07) is 19.7. The van der Waals surface area contributed by atoms with E-state index >= 15 is 0 Å². The van der Waals surface area contributed by atoms with Crippen LogP contribution in [0.5, 0.6) is 0 Å². The largest absolute Gasteiger partial charge is 0.348 e. The highest BCUT2D eigenvalue weighted by atomic mass is 16.2. The number of nitrogens with two attached hydrogens (primary N) is 1. The van der Waals surface area contributed by atoms with Gasteiger partial charge in [0.2, 0.25) is 23.6 Å². The summed E-state index contributed by atoms with van der Waals surface area (Å²) in [5, 5.41) is 14.3. The van der Waals surface area contributed by atoms with Crippen molar-refractivity contribution in [2.75, 3.05) is 6.54 Å². The third-order valence-corrected chi connectivity index (χ3v) is 9.94. The first-order valence-electron chi connectivity index (χ1n) is 17.8. The second-order valence-corrected chi connectivity index (χ2v) is 13.4. The molecule has 9 heteroatoms. The molecule has 0 spiro atoms. The third kappa shape index (κ3) is 9.22. The van der Waals surface area contributed by atoms with Crippen LogP contribution in [0.1, 0.15) is 93.9 Å². The highest BCUT2D eigenvalue weighted by Gasteiger charge is 2.36. The summed E-state index contributed by atoms with van der Waals surface area (Å²) in [5.74, 6) is -1.28. The number of carbonyl (C=O) groups excluding carboxylic acids is 4. The number of carbonyl (C=O) groups is 4. The molecular formula is C39H51N5O4. The highest BCUT2D eigenvalue weighted by Crippen LogP contribution is 2.30. The fourth-order valence-electron chi connectivity index (χ4n) is 7.25. The van der Waals surface area contributed by atoms with E-state index in [0.717, 1.165) is 73.3 Å². The monoisotopic (exact) mass is 653 g/mol. The van der Waals surface area contributed by atoms with Crippen LogP contribution in [-0.4, -0.2) is 48.3 Å². The molecule has 6 N–H and O–H groups in total. The van der Waals surface area contributed by atoms with Crippen molar-refractivity contribution in [1.82, 2.24) is 21.3 Å². The lowest BCUT2D eigenvalue weighted by Gasteiger charge is -2.30. The van der Waals surface area contributed by atoms with Crippen LogP contribution in [0, 0.1) is 5.92 Å². The molecule has 0 aliphatic heterocycles. The maximum absolute atomic E-state index is 14.1. The zero-order valence-electron chi connectivity index (χ0n) is 28.1. The van der Waals surface area contributed by atoms with Crippen LogP contribution in [-0.2, 0) is 32.0 Å². The van der Waals surface area contributed by atoms with Crippen molar-refractivity contribution >= 4 is 34.4 Å². The second kappa shape index (κ2) is 17.2. The lowest BCUT2D eigenvalue weighted by atomic mass is 9.87. The maximum atomic E-state index is 14.1. The molecule has 5 rings (SSSR count). The van der Waals surface area contributed by atoms with E-state index in [1.54, 1.807) is 6.92 Å². The molecule has 0 aromatic heterocycles. The molecule has 2 aliphatic carbocycles. The molecule has 1 fully saturated rings. The minimum atomic E-state index is -0.856. The normalized spacial score (nSPS) is 17.9. The van der Waals surface area contributed by atoms with Crippen LogP contribution >= 0.6 is 0 Å². The SMILES string of the molecule is CCC(=O)N[C@@H](Cc1ccc2ccccc2c1)C(=O)N[C@H](C(=O)N[C@@H](CCCCN)C(=O)N[C@@H]1CCCc2ccccc21)C1CCCC1. The fraction of sp³-hybridized carbons (Fsp3) is 0.487. The minimum Gasteiger partial charge on any atom is -0.348 e. The lowest BCUT2D eigenvalue weighted by Crippen LogP contribution is -2.59. The van der Waals surface area contributed by atoms with Gasteiger partial charge in [-0.15, -0.1) is 0 Å². The van der Waals surface area contributed by atoms with Crippen LogP contribution in [0.2, 0.25) is 0 Å². The number of rotatable bonds is 15. The van der Waals surface area contributed by atoms with E-state index in [4.69, 9.17) is 5.73 Å². The summed E-state index contributed by atoms with van der Waals surface area (Å²) in [4.78, 5) is 54.4. The third-order valence-electron chi connectivity index (χ3n) is 9.94. The molecular weight excluding hydrogens is 602 g/mol. The number of benzene rings is 3. The quantitative estimate of drug-likeness (QED) is 0.150. The Kier molecular flexibility index (Phi) is 12.6. The van der Waals surface area contributed by atoms with Gasteiger partial charge in [-0.3, -0.25) is 19.2 Å². The van der Waals surface area contributed by atoms with Gasteiger partial charge in [-0.2, -0.15) is 0 Å². The molecule has 0 saturated heterocycles. The van der Waals surface area contributed by atoms with Crippen molar-refractivity contribution in [2.45, 2.75) is 108 Å². The highest BCUT2D eigenvalue weighted by molar-refractivity contribution is 5.95. The predicted octanol–water partition coefficient (Wildman–Crippen LogP) is 4.76. The summed E-state index contributed by atoms with van der Waals surface area (Å²) >= 11 is 0. The zero-order chi connectivity index (χ0) is 33.9. The van der Waals surface area contributed by atoms with Crippen molar-refractivity contribution in [1.29, 1.82) is 0 Å². The fourth-order valence-corrected chi connectivity index (χ4v) is 7.25. The molecule has 48 heavy (non-hydrogen) atoms. The number of aryl methyl sites for hydroxylation is 1. The summed E-state index contributed by atoms with van der Waals surface area (Å²) in [6.07, 6.45) is 8.76. The average Bonchev–Trinajstić information content (AvgIpc) is 3.64. The zero-order valence-corrected chi connectivity index (χ0v) is 28.1. The predicted molar refractivity (Wildman–Crippen MR) is 189 cm³/mol. The summed E-state index contributed by atoms with van der Waals surface area (Å²) in [5.41, 5.74) is 9.06. The topological polar surface area (TPSA) is 142 Å². The van der Waals surface area contributed by atoms with Gasteiger partial charge in [0.25, 0.3) is 0 Å². The Morgan fingerprint density at radius 1 is 0.771 bits per heavy atom. The smallest absolute Gasteiger partial charge is 0.243 e. The number of hydrogen-bond acceptors (Lipinski definition) is 5. The Bertz CT molecular complexity index is 1570. The van der Waals surface area contributed by atoms with Gasteiger partial charge in [-0.05, 0) is 91.3 Å². The minimum absolute atomic E-state index is 0.0601. The van der Waals surface area contributed by atoms with E-state index in [0.29, 0.717) is 19.4 Å². The molecule has 0 radical (unpaired) electrons. The van der Waals surface area contributed by atoms with Gasteiger partial charge in [-0.25, -0.2) is 0 Å². The van der Waals surface area contributed by atoms with E-state index in [2.05, 4.69) is 33.4 Å². The maximum Gasteiger partial charge on any atom is 0.243 e. The van der Waals surface area contributed by atoms with Gasteiger partial charge < -0.3 is 27.0 Å². The van der Waals surface area contributed by atoms with Gasteiger partial charge in [0, 0.05) is 12.8 Å². The van der Waals surface area contributed by atoms with E-state index in [-0.39, 0.29) is 42.5 Å². The Balaban J connectivity index is 1.32. The number of unbranched alkanes of at least 4 members (excludes halogenated alkanes) is 1. The Morgan fingerprint density at radius 3 is 2.29 bits per heavy atom. The number of fused-ring (bicyclic) bond motifs is 2. The standard InChI is InChI=1S/C39H51N5O4/c1-2-35(45)41-34(25-26-21-22-27-12-3-6-16-30(27)24-26)38(47)44-36(29-14-4-5-15-29)39(48)43-33(19-9-10-23-40)37(46)42-32-20-11-17-28-13-7-8-18-31(28)32/h3,6-8,12-13,16,18,21-22,24,29,32-34,36H,2,4-5,9-11,14-15,17,19-20,23,25,40H2,1H3,(H,41,45)(H,42,46)(H,43,48)(H,44,47)/t32-,33+,34+,36+/m1/s1. The van der Waals surface area contributed by atoms with Gasteiger partial charge in [0.15, 0.2) is 0 Å². The van der Waals surface area contributed by atoms with Crippen LogP contribution in [0.25, 0.3) is 10.8 Å². The van der Waals surface area contributed by atoms with Gasteiger partial charge in [0.05, 0.1) is 6.04 Å². The average molecular weight is 654 g/mol. The van der Waals surface area contributed by atoms with Crippen LogP contribution in [0.15, 0.2) is 66.7 Å². The Labute approximate surface area is 284 Å². The van der Waals surface area contributed by atoms with Gasteiger partial charge in [-0.1, -0.05) is 86.5 Å². The van der Waals surface area contributed by atoms with E-state index in [1.165, 1.54) is 5.56 Å². The van der Waals surface area contributed by atoms with Crippen molar-refractivity contribution in [3.05, 3.63) is 83.4 Å². The Morgan fingerprint density at radius 2 is 1.52 bits per heavy atom. The molecule has 3 aromatic carbocycles. The van der Waals surface area contributed by atoms with Crippen molar-refractivity contribution in [3.8, 4) is 0 Å². The van der Waals surface area contributed by atoms with Crippen LogP contribution in [0.4, 0.5) is 0 Å². The molecule has 1 saturated carbocycles. The second-order valence-electron chi connectivity index (χ2n) is 13.4. The summed E-state index contributed by atoms with van der Waals surface area (Å²) < 4.78 is 0. The Hall–Kier alpha value is -4.24. The molecule has 9 nitrogen and oxygen atoms in total. The van der Waals surface area contributed by atoms with E-state index in [9.17, 15) is 19.2 Å². The number of nitrogens with one attached hydrogen (secondary N) is 4. The van der Waals surface area contributed by atoms with Crippen LogP contribution < -0.4 is 27.0 Å². The molecule has 0 bridgehead atoms. The van der Waals surface area contributed by atoms with E-state index < -0.39 is 24.0 Å². The van der Waals surface area contributed by atoms with Crippen molar-refractivity contribution < 1.29 is 19.2 Å².